The highest BCUT2D eigenvalue weighted by atomic mass is 35.5. The molecule has 1 amide bonds. The molecule has 3 nitrogen and oxygen atoms in total. The number of thiophene rings is 1. The number of amides is 1. The minimum atomic E-state index is -0.0739. The maximum Gasteiger partial charge on any atom is 0.261 e. The van der Waals surface area contributed by atoms with Crippen molar-refractivity contribution in [3.05, 3.63) is 51.7 Å². The third kappa shape index (κ3) is 3.74. The van der Waals surface area contributed by atoms with Crippen LogP contribution >= 0.6 is 22.9 Å². The maximum absolute atomic E-state index is 11.9. The van der Waals surface area contributed by atoms with Crippen LogP contribution in [-0.2, 0) is 0 Å². The summed E-state index contributed by atoms with van der Waals surface area (Å²) in [6.07, 6.45) is 0. The largest absolute Gasteiger partial charge is 0.370 e. The predicted molar refractivity (Wildman–Crippen MR) is 86.0 cm³/mol. The Morgan fingerprint density at radius 1 is 1.30 bits per heavy atom. The van der Waals surface area contributed by atoms with Crippen LogP contribution in [0.25, 0.3) is 0 Å². The number of hydrogen-bond acceptors (Lipinski definition) is 3. The van der Waals surface area contributed by atoms with E-state index in [4.69, 9.17) is 11.6 Å². The van der Waals surface area contributed by atoms with Gasteiger partial charge in [0.15, 0.2) is 0 Å². The average molecular weight is 309 g/mol. The van der Waals surface area contributed by atoms with E-state index in [1.54, 1.807) is 12.1 Å². The Kier molecular flexibility index (Phi) is 5.04. The van der Waals surface area contributed by atoms with Gasteiger partial charge in [0.1, 0.15) is 0 Å². The maximum atomic E-state index is 11.9. The van der Waals surface area contributed by atoms with Gasteiger partial charge in [-0.15, -0.1) is 11.3 Å². The summed E-state index contributed by atoms with van der Waals surface area (Å²) in [5.74, 6) is -0.0739. The molecule has 0 aliphatic rings. The Morgan fingerprint density at radius 2 is 2.00 bits per heavy atom. The van der Waals surface area contributed by atoms with Crippen molar-refractivity contribution < 1.29 is 4.79 Å². The highest BCUT2D eigenvalue weighted by molar-refractivity contribution is 7.17. The molecule has 1 aromatic carbocycles. The van der Waals surface area contributed by atoms with Crippen LogP contribution in [0, 0.1) is 0 Å². The van der Waals surface area contributed by atoms with Crippen LogP contribution in [0.2, 0.25) is 4.34 Å². The van der Waals surface area contributed by atoms with Crippen molar-refractivity contribution in [2.45, 2.75) is 13.0 Å². The molecule has 0 spiro atoms. The van der Waals surface area contributed by atoms with Crippen molar-refractivity contribution in [3.8, 4) is 0 Å². The number of halogens is 1. The summed E-state index contributed by atoms with van der Waals surface area (Å²) in [5.41, 5.74) is 1.13. The Morgan fingerprint density at radius 3 is 2.60 bits per heavy atom. The van der Waals surface area contributed by atoms with Crippen LogP contribution in [0.5, 0.6) is 0 Å². The highest BCUT2D eigenvalue weighted by Crippen LogP contribution is 2.21. The number of benzene rings is 1. The molecule has 0 radical (unpaired) electrons. The van der Waals surface area contributed by atoms with Gasteiger partial charge >= 0.3 is 0 Å². The number of hydrogen-bond donors (Lipinski definition) is 1. The third-order valence-electron chi connectivity index (χ3n) is 3.18. The van der Waals surface area contributed by atoms with E-state index in [2.05, 4.69) is 29.3 Å². The number of carbonyl (C=O) groups is 1. The number of nitrogens with zero attached hydrogens (tertiary/aromatic N) is 1. The summed E-state index contributed by atoms with van der Waals surface area (Å²) in [6.45, 7) is 2.66. The van der Waals surface area contributed by atoms with Gasteiger partial charge in [0, 0.05) is 25.3 Å². The van der Waals surface area contributed by atoms with E-state index in [0.29, 0.717) is 15.8 Å². The van der Waals surface area contributed by atoms with E-state index in [-0.39, 0.29) is 11.9 Å². The Balaban J connectivity index is 1.89. The van der Waals surface area contributed by atoms with Crippen molar-refractivity contribution in [3.63, 3.8) is 0 Å². The first kappa shape index (κ1) is 14.9. The van der Waals surface area contributed by atoms with Crippen LogP contribution in [0.15, 0.2) is 42.5 Å². The molecule has 0 saturated carbocycles. The molecular formula is C15H17ClN2OS. The number of nitrogens with one attached hydrogen (secondary N) is 1. The summed E-state index contributed by atoms with van der Waals surface area (Å²) < 4.78 is 0.629. The normalized spacial score (nSPS) is 11.9. The van der Waals surface area contributed by atoms with Crippen LogP contribution in [0.1, 0.15) is 16.6 Å². The summed E-state index contributed by atoms with van der Waals surface area (Å²) in [4.78, 5) is 14.7. The zero-order valence-electron chi connectivity index (χ0n) is 11.5. The van der Waals surface area contributed by atoms with Crippen LogP contribution in [0.4, 0.5) is 5.69 Å². The summed E-state index contributed by atoms with van der Waals surface area (Å²) in [6, 6.07) is 13.8. The molecule has 1 heterocycles. The molecule has 0 fully saturated rings. The number of likely N-dealkylation sites (N-methyl/N-ethyl adjacent to an activating group) is 1. The molecule has 1 atom stereocenters. The smallest absolute Gasteiger partial charge is 0.261 e. The second kappa shape index (κ2) is 6.77. The minimum Gasteiger partial charge on any atom is -0.370 e. The SMILES string of the molecule is CC(CNC(=O)c1ccc(Cl)s1)N(C)c1ccccc1. The van der Waals surface area contributed by atoms with Gasteiger partial charge in [0.05, 0.1) is 9.21 Å². The predicted octanol–water partition coefficient (Wildman–Crippen LogP) is 3.66. The van der Waals surface area contributed by atoms with Crippen molar-refractivity contribution >= 4 is 34.5 Å². The summed E-state index contributed by atoms with van der Waals surface area (Å²) >= 11 is 7.12. The lowest BCUT2D eigenvalue weighted by Gasteiger charge is -2.27. The molecule has 2 aromatic rings. The standard InChI is InChI=1S/C15H17ClN2OS/c1-11(18(2)12-6-4-3-5-7-12)10-17-15(19)13-8-9-14(16)20-13/h3-9,11H,10H2,1-2H3,(H,17,19). The first-order valence-electron chi connectivity index (χ1n) is 6.39. The number of para-hydroxylation sites is 1. The topological polar surface area (TPSA) is 32.3 Å². The van der Waals surface area contributed by atoms with Gasteiger partial charge in [-0.3, -0.25) is 4.79 Å². The quantitative estimate of drug-likeness (QED) is 0.914. The molecule has 1 N–H and O–H groups in total. The van der Waals surface area contributed by atoms with Gasteiger partial charge in [-0.25, -0.2) is 0 Å². The van der Waals surface area contributed by atoms with E-state index < -0.39 is 0 Å². The molecule has 0 bridgehead atoms. The lowest BCUT2D eigenvalue weighted by Crippen LogP contribution is -2.40. The Hall–Kier alpha value is -1.52. The minimum absolute atomic E-state index is 0.0739. The van der Waals surface area contributed by atoms with Crippen LogP contribution in [0.3, 0.4) is 0 Å². The van der Waals surface area contributed by atoms with E-state index >= 15 is 0 Å². The second-order valence-corrected chi connectivity index (χ2v) is 6.32. The number of rotatable bonds is 5. The lowest BCUT2D eigenvalue weighted by atomic mass is 10.2. The van der Waals surface area contributed by atoms with E-state index in [1.165, 1.54) is 11.3 Å². The molecule has 0 saturated heterocycles. The van der Waals surface area contributed by atoms with E-state index in [9.17, 15) is 4.79 Å². The molecule has 106 valence electrons. The van der Waals surface area contributed by atoms with Crippen molar-refractivity contribution in [2.24, 2.45) is 0 Å². The lowest BCUT2D eigenvalue weighted by molar-refractivity contribution is 0.0955. The molecule has 0 aliphatic heterocycles. The Labute approximate surface area is 128 Å². The van der Waals surface area contributed by atoms with Crippen molar-refractivity contribution in [1.29, 1.82) is 0 Å². The van der Waals surface area contributed by atoms with Gasteiger partial charge in [0.2, 0.25) is 0 Å². The summed E-state index contributed by atoms with van der Waals surface area (Å²) in [5, 5.41) is 2.93. The summed E-state index contributed by atoms with van der Waals surface area (Å²) in [7, 11) is 2.02. The first-order valence-corrected chi connectivity index (χ1v) is 7.59. The zero-order valence-corrected chi connectivity index (χ0v) is 13.0. The average Bonchev–Trinajstić information content (AvgIpc) is 2.91. The van der Waals surface area contributed by atoms with Gasteiger partial charge in [-0.1, -0.05) is 29.8 Å². The monoisotopic (exact) mass is 308 g/mol. The molecule has 1 unspecified atom stereocenters. The molecule has 5 heteroatoms. The van der Waals surface area contributed by atoms with Gasteiger partial charge in [-0.2, -0.15) is 0 Å². The third-order valence-corrected chi connectivity index (χ3v) is 4.41. The Bertz CT molecular complexity index is 570. The molecule has 1 aromatic heterocycles. The molecule has 0 aliphatic carbocycles. The fraction of sp³-hybridized carbons (Fsp3) is 0.267. The highest BCUT2D eigenvalue weighted by Gasteiger charge is 2.13. The number of anilines is 1. The molecule has 20 heavy (non-hydrogen) atoms. The molecule has 2 rings (SSSR count). The van der Waals surface area contributed by atoms with Gasteiger partial charge in [-0.05, 0) is 31.2 Å². The van der Waals surface area contributed by atoms with Crippen LogP contribution in [-0.4, -0.2) is 25.5 Å². The van der Waals surface area contributed by atoms with Crippen LogP contribution < -0.4 is 10.2 Å². The van der Waals surface area contributed by atoms with Crippen molar-refractivity contribution in [2.75, 3.05) is 18.5 Å². The van der Waals surface area contributed by atoms with Crippen molar-refractivity contribution in [1.82, 2.24) is 5.32 Å². The van der Waals surface area contributed by atoms with Gasteiger partial charge < -0.3 is 10.2 Å². The first-order chi connectivity index (χ1) is 9.58. The van der Waals surface area contributed by atoms with Gasteiger partial charge in [0.25, 0.3) is 5.91 Å². The zero-order chi connectivity index (χ0) is 14.5. The second-order valence-electron chi connectivity index (χ2n) is 4.61. The molecular weight excluding hydrogens is 292 g/mol. The van der Waals surface area contributed by atoms with E-state index in [1.807, 2.05) is 25.2 Å². The fourth-order valence-corrected chi connectivity index (χ4v) is 2.78. The fourth-order valence-electron chi connectivity index (χ4n) is 1.82. The van der Waals surface area contributed by atoms with E-state index in [0.717, 1.165) is 5.69 Å². The number of carbonyl (C=O) groups excluding carboxylic acids is 1.